The summed E-state index contributed by atoms with van der Waals surface area (Å²) in [5, 5.41) is 0. The van der Waals surface area contributed by atoms with E-state index in [9.17, 15) is 14.4 Å². The van der Waals surface area contributed by atoms with E-state index < -0.39 is 23.9 Å². The van der Waals surface area contributed by atoms with Crippen molar-refractivity contribution in [2.24, 2.45) is 0 Å². The first kappa shape index (κ1) is 17.8. The third kappa shape index (κ3) is 3.26. The molecule has 2 amide bonds. The first-order chi connectivity index (χ1) is 13.1. The average Bonchev–Trinajstić information content (AvgIpc) is 3.35. The third-order valence-corrected chi connectivity index (χ3v) is 5.64. The number of amides is 2. The summed E-state index contributed by atoms with van der Waals surface area (Å²) in [6, 6.07) is 5.56. The van der Waals surface area contributed by atoms with Crippen LogP contribution in [0.1, 0.15) is 44.1 Å². The number of rotatable bonds is 4. The third-order valence-electron chi connectivity index (χ3n) is 5.64. The van der Waals surface area contributed by atoms with Crippen molar-refractivity contribution in [3.05, 3.63) is 23.8 Å². The molecule has 7 nitrogen and oxygen atoms in total. The zero-order valence-electron chi connectivity index (χ0n) is 15.2. The standard InChI is InChI=1S/C20H23NO6/c22-17-4-3-9-21(17)18(23)13-27-19(24)20(7-1-2-8-20)14-5-6-15-16(12-14)26-11-10-25-15/h5-6,12H,1-4,7-11,13H2. The maximum Gasteiger partial charge on any atom is 0.317 e. The van der Waals surface area contributed by atoms with Gasteiger partial charge in [0.2, 0.25) is 5.91 Å². The van der Waals surface area contributed by atoms with Crippen LogP contribution in [-0.2, 0) is 24.5 Å². The molecule has 7 heteroatoms. The van der Waals surface area contributed by atoms with Crippen LogP contribution in [-0.4, -0.2) is 49.0 Å². The number of likely N-dealkylation sites (tertiary alicyclic amines) is 1. The predicted octanol–water partition coefficient (Wildman–Crippen LogP) is 1.96. The van der Waals surface area contributed by atoms with E-state index in [2.05, 4.69) is 0 Å². The Kier molecular flexibility index (Phi) is 4.76. The Balaban J connectivity index is 1.50. The first-order valence-electron chi connectivity index (χ1n) is 9.51. The molecule has 1 aliphatic carbocycles. The lowest BCUT2D eigenvalue weighted by atomic mass is 9.78. The number of fused-ring (bicyclic) bond motifs is 1. The number of esters is 1. The minimum Gasteiger partial charge on any atom is -0.486 e. The van der Waals surface area contributed by atoms with Gasteiger partial charge < -0.3 is 14.2 Å². The molecule has 0 radical (unpaired) electrons. The summed E-state index contributed by atoms with van der Waals surface area (Å²) in [5.41, 5.74) is 0.0597. The molecule has 2 heterocycles. The zero-order chi connectivity index (χ0) is 18.9. The van der Waals surface area contributed by atoms with Crippen molar-refractivity contribution >= 4 is 17.8 Å². The van der Waals surface area contributed by atoms with Gasteiger partial charge in [-0.25, -0.2) is 0 Å². The van der Waals surface area contributed by atoms with Gasteiger partial charge in [-0.15, -0.1) is 0 Å². The summed E-state index contributed by atoms with van der Waals surface area (Å²) >= 11 is 0. The number of ether oxygens (including phenoxy) is 3. The lowest BCUT2D eigenvalue weighted by Crippen LogP contribution is -2.39. The number of hydrogen-bond donors (Lipinski definition) is 0. The fourth-order valence-corrected chi connectivity index (χ4v) is 4.19. The van der Waals surface area contributed by atoms with Crippen LogP contribution in [0.4, 0.5) is 0 Å². The van der Waals surface area contributed by atoms with Gasteiger partial charge in [0.1, 0.15) is 13.2 Å². The van der Waals surface area contributed by atoms with E-state index >= 15 is 0 Å². The smallest absolute Gasteiger partial charge is 0.317 e. The number of carbonyl (C=O) groups is 3. The lowest BCUT2D eigenvalue weighted by Gasteiger charge is -2.29. The summed E-state index contributed by atoms with van der Waals surface area (Å²) in [7, 11) is 0. The second kappa shape index (κ2) is 7.21. The first-order valence-corrected chi connectivity index (χ1v) is 9.51. The fourth-order valence-electron chi connectivity index (χ4n) is 4.19. The Morgan fingerprint density at radius 3 is 2.52 bits per heavy atom. The Bertz CT molecular complexity index is 768. The van der Waals surface area contributed by atoms with Gasteiger partial charge in [0.15, 0.2) is 18.1 Å². The molecular formula is C20H23NO6. The molecule has 0 aromatic heterocycles. The molecule has 1 aromatic carbocycles. The SMILES string of the molecule is O=C1CCCN1C(=O)COC(=O)C1(c2ccc3c(c2)OCCO3)CCCC1. The van der Waals surface area contributed by atoms with Crippen LogP contribution in [0.15, 0.2) is 18.2 Å². The van der Waals surface area contributed by atoms with Crippen molar-refractivity contribution < 1.29 is 28.6 Å². The Hall–Kier alpha value is -2.57. The van der Waals surface area contributed by atoms with E-state index in [0.717, 1.165) is 18.4 Å². The van der Waals surface area contributed by atoms with Crippen molar-refractivity contribution in [2.45, 2.75) is 43.9 Å². The summed E-state index contributed by atoms with van der Waals surface area (Å²) in [4.78, 5) is 38.0. The van der Waals surface area contributed by atoms with Gasteiger partial charge >= 0.3 is 5.97 Å². The Morgan fingerprint density at radius 2 is 1.81 bits per heavy atom. The van der Waals surface area contributed by atoms with Crippen molar-refractivity contribution in [3.63, 3.8) is 0 Å². The minimum absolute atomic E-state index is 0.196. The van der Waals surface area contributed by atoms with Crippen LogP contribution in [0.25, 0.3) is 0 Å². The van der Waals surface area contributed by atoms with E-state index in [1.54, 1.807) is 0 Å². The van der Waals surface area contributed by atoms with Crippen LogP contribution in [0.2, 0.25) is 0 Å². The summed E-state index contributed by atoms with van der Waals surface area (Å²) in [6.07, 6.45) is 4.22. The molecule has 0 atom stereocenters. The largest absolute Gasteiger partial charge is 0.486 e. The number of hydrogen-bond acceptors (Lipinski definition) is 6. The second-order valence-corrected chi connectivity index (χ2v) is 7.27. The minimum atomic E-state index is -0.773. The molecule has 0 spiro atoms. The molecule has 1 saturated carbocycles. The van der Waals surface area contributed by atoms with Gasteiger partial charge in [-0.2, -0.15) is 0 Å². The molecule has 2 fully saturated rings. The summed E-state index contributed by atoms with van der Waals surface area (Å²) in [6.45, 7) is 1.00. The maximum atomic E-state index is 13.0. The normalized spacial score (nSPS) is 20.6. The predicted molar refractivity (Wildman–Crippen MR) is 94.5 cm³/mol. The van der Waals surface area contributed by atoms with Crippen LogP contribution in [0.5, 0.6) is 11.5 Å². The van der Waals surface area contributed by atoms with E-state index in [1.165, 1.54) is 4.90 Å². The van der Waals surface area contributed by atoms with E-state index in [-0.39, 0.29) is 5.91 Å². The highest BCUT2D eigenvalue weighted by atomic mass is 16.6. The molecule has 0 unspecified atom stereocenters. The van der Waals surface area contributed by atoms with Crippen molar-refractivity contribution in [1.82, 2.24) is 4.90 Å². The molecule has 0 bridgehead atoms. The van der Waals surface area contributed by atoms with E-state index in [0.29, 0.717) is 56.9 Å². The van der Waals surface area contributed by atoms with Gasteiger partial charge in [0.05, 0.1) is 5.41 Å². The van der Waals surface area contributed by atoms with Crippen molar-refractivity contribution in [2.75, 3.05) is 26.4 Å². The van der Waals surface area contributed by atoms with Crippen LogP contribution in [0, 0.1) is 0 Å². The van der Waals surface area contributed by atoms with Crippen LogP contribution >= 0.6 is 0 Å². The second-order valence-electron chi connectivity index (χ2n) is 7.27. The van der Waals surface area contributed by atoms with Crippen molar-refractivity contribution in [1.29, 1.82) is 0 Å². The monoisotopic (exact) mass is 373 g/mol. The number of carbonyl (C=O) groups excluding carboxylic acids is 3. The topological polar surface area (TPSA) is 82.1 Å². The fraction of sp³-hybridized carbons (Fsp3) is 0.550. The lowest BCUT2D eigenvalue weighted by molar-refractivity contribution is -0.158. The molecule has 144 valence electrons. The quantitative estimate of drug-likeness (QED) is 0.751. The number of nitrogens with zero attached hydrogens (tertiary/aromatic N) is 1. The highest BCUT2D eigenvalue weighted by Crippen LogP contribution is 2.45. The Morgan fingerprint density at radius 1 is 1.07 bits per heavy atom. The highest BCUT2D eigenvalue weighted by Gasteiger charge is 2.45. The van der Waals surface area contributed by atoms with E-state index in [4.69, 9.17) is 14.2 Å². The van der Waals surface area contributed by atoms with Gasteiger partial charge in [-0.3, -0.25) is 19.3 Å². The molecule has 1 saturated heterocycles. The van der Waals surface area contributed by atoms with Gasteiger partial charge in [0, 0.05) is 13.0 Å². The summed E-state index contributed by atoms with van der Waals surface area (Å²) < 4.78 is 16.6. The van der Waals surface area contributed by atoms with Crippen molar-refractivity contribution in [3.8, 4) is 11.5 Å². The molecule has 1 aromatic rings. The van der Waals surface area contributed by atoms with Gasteiger partial charge in [-0.1, -0.05) is 18.9 Å². The molecule has 2 aliphatic heterocycles. The molecule has 4 rings (SSSR count). The van der Waals surface area contributed by atoms with Gasteiger partial charge in [-0.05, 0) is 37.0 Å². The molecule has 27 heavy (non-hydrogen) atoms. The van der Waals surface area contributed by atoms with E-state index in [1.807, 2.05) is 18.2 Å². The van der Waals surface area contributed by atoms with Crippen LogP contribution < -0.4 is 9.47 Å². The molecule has 0 N–H and O–H groups in total. The number of imide groups is 1. The molecule has 3 aliphatic rings. The average molecular weight is 373 g/mol. The Labute approximate surface area is 157 Å². The zero-order valence-corrected chi connectivity index (χ0v) is 15.2. The van der Waals surface area contributed by atoms with Gasteiger partial charge in [0.25, 0.3) is 5.91 Å². The highest BCUT2D eigenvalue weighted by molar-refractivity contribution is 5.98. The summed E-state index contributed by atoms with van der Waals surface area (Å²) in [5.74, 6) is 0.266. The number of benzene rings is 1. The maximum absolute atomic E-state index is 13.0. The molecular weight excluding hydrogens is 350 g/mol. The van der Waals surface area contributed by atoms with Crippen LogP contribution in [0.3, 0.4) is 0 Å².